The van der Waals surface area contributed by atoms with Gasteiger partial charge in [0.2, 0.25) is 0 Å². The number of halogens is 2. The van der Waals surface area contributed by atoms with E-state index in [-0.39, 0.29) is 17.6 Å². The van der Waals surface area contributed by atoms with Crippen LogP contribution in [0.3, 0.4) is 0 Å². The smallest absolute Gasteiger partial charge is 0.255 e. The predicted octanol–water partition coefficient (Wildman–Crippen LogP) is 3.54. The van der Waals surface area contributed by atoms with Crippen LogP contribution in [0.5, 0.6) is 0 Å². The van der Waals surface area contributed by atoms with Gasteiger partial charge in [0.05, 0.1) is 10.6 Å². The highest BCUT2D eigenvalue weighted by molar-refractivity contribution is 9.10. The zero-order valence-corrected chi connectivity index (χ0v) is 13.0. The SMILES string of the molecule is CCC1CN(C(=O)c2cc(Br)ccc2Cl)CCC1=O. The standard InChI is InChI=1S/C14H15BrClNO2/c1-2-9-8-17(6-5-13(9)18)14(19)11-7-10(15)3-4-12(11)16/h3-4,7,9H,2,5-6,8H2,1H3. The number of hydrogen-bond donors (Lipinski definition) is 0. The molecule has 1 unspecified atom stereocenters. The summed E-state index contributed by atoms with van der Waals surface area (Å²) < 4.78 is 0.820. The molecule has 0 aliphatic carbocycles. The van der Waals surface area contributed by atoms with Crippen molar-refractivity contribution in [3.8, 4) is 0 Å². The van der Waals surface area contributed by atoms with Crippen LogP contribution in [0.1, 0.15) is 30.1 Å². The highest BCUT2D eigenvalue weighted by atomic mass is 79.9. The molecule has 1 heterocycles. The molecule has 1 aliphatic rings. The van der Waals surface area contributed by atoms with E-state index in [1.54, 1.807) is 23.1 Å². The fourth-order valence-corrected chi connectivity index (χ4v) is 2.84. The monoisotopic (exact) mass is 343 g/mol. The Morgan fingerprint density at radius 1 is 1.53 bits per heavy atom. The normalized spacial score (nSPS) is 19.6. The molecule has 1 saturated heterocycles. The van der Waals surface area contributed by atoms with E-state index in [2.05, 4.69) is 15.9 Å². The third kappa shape index (κ3) is 3.18. The molecule has 1 amide bonds. The Labute approximate surface area is 126 Å². The molecule has 1 aromatic rings. The molecule has 1 atom stereocenters. The van der Waals surface area contributed by atoms with Gasteiger partial charge in [0, 0.05) is 29.9 Å². The minimum absolute atomic E-state index is 0.0383. The van der Waals surface area contributed by atoms with Gasteiger partial charge < -0.3 is 4.90 Å². The number of piperidine rings is 1. The molecule has 1 aromatic carbocycles. The lowest BCUT2D eigenvalue weighted by atomic mass is 9.93. The van der Waals surface area contributed by atoms with E-state index in [9.17, 15) is 9.59 Å². The van der Waals surface area contributed by atoms with Gasteiger partial charge in [-0.1, -0.05) is 34.5 Å². The molecule has 0 spiro atoms. The van der Waals surface area contributed by atoms with Crippen LogP contribution in [0, 0.1) is 5.92 Å². The van der Waals surface area contributed by atoms with Crippen LogP contribution in [0.25, 0.3) is 0 Å². The Kier molecular flexibility index (Phi) is 4.63. The summed E-state index contributed by atoms with van der Waals surface area (Å²) in [5.74, 6) is 0.118. The van der Waals surface area contributed by atoms with Crippen LogP contribution in [-0.4, -0.2) is 29.7 Å². The number of carbonyl (C=O) groups excluding carboxylic acids is 2. The average molecular weight is 345 g/mol. The van der Waals surface area contributed by atoms with Gasteiger partial charge in [0.1, 0.15) is 5.78 Å². The Hall–Kier alpha value is -0.870. The second-order valence-electron chi connectivity index (χ2n) is 4.70. The van der Waals surface area contributed by atoms with E-state index in [1.807, 2.05) is 6.92 Å². The minimum Gasteiger partial charge on any atom is -0.337 e. The molecular formula is C14H15BrClNO2. The maximum absolute atomic E-state index is 12.5. The van der Waals surface area contributed by atoms with E-state index in [4.69, 9.17) is 11.6 Å². The van der Waals surface area contributed by atoms with Gasteiger partial charge in [-0.15, -0.1) is 0 Å². The number of nitrogens with zero attached hydrogens (tertiary/aromatic N) is 1. The lowest BCUT2D eigenvalue weighted by Gasteiger charge is -2.31. The maximum Gasteiger partial charge on any atom is 0.255 e. The fraction of sp³-hybridized carbons (Fsp3) is 0.429. The molecule has 1 fully saturated rings. The molecule has 3 nitrogen and oxygen atoms in total. The lowest BCUT2D eigenvalue weighted by molar-refractivity contribution is -0.125. The zero-order chi connectivity index (χ0) is 14.0. The largest absolute Gasteiger partial charge is 0.337 e. The molecule has 0 N–H and O–H groups in total. The summed E-state index contributed by atoms with van der Waals surface area (Å²) in [6.45, 7) is 2.96. The number of Topliss-reactive ketones (excluding diaryl/α,β-unsaturated/α-hetero) is 1. The Morgan fingerprint density at radius 3 is 2.95 bits per heavy atom. The summed E-state index contributed by atoms with van der Waals surface area (Å²) >= 11 is 9.41. The summed E-state index contributed by atoms with van der Waals surface area (Å²) in [5.41, 5.74) is 0.486. The van der Waals surface area contributed by atoms with E-state index >= 15 is 0 Å². The Balaban J connectivity index is 2.20. The number of rotatable bonds is 2. The van der Waals surface area contributed by atoms with Gasteiger partial charge in [-0.25, -0.2) is 0 Å². The molecule has 1 aliphatic heterocycles. The van der Waals surface area contributed by atoms with Crippen molar-refractivity contribution in [1.82, 2.24) is 4.90 Å². The first-order chi connectivity index (χ1) is 9.02. The second-order valence-corrected chi connectivity index (χ2v) is 6.02. The maximum atomic E-state index is 12.5. The van der Waals surface area contributed by atoms with Gasteiger partial charge in [0.15, 0.2) is 0 Å². The molecule has 0 aromatic heterocycles. The number of hydrogen-bond acceptors (Lipinski definition) is 2. The van der Waals surface area contributed by atoms with Crippen LogP contribution < -0.4 is 0 Å². The first-order valence-corrected chi connectivity index (χ1v) is 7.47. The number of likely N-dealkylation sites (tertiary alicyclic amines) is 1. The molecule has 5 heteroatoms. The average Bonchev–Trinajstić information content (AvgIpc) is 2.41. The second kappa shape index (κ2) is 6.06. The summed E-state index contributed by atoms with van der Waals surface area (Å²) in [6.07, 6.45) is 1.21. The summed E-state index contributed by atoms with van der Waals surface area (Å²) in [6, 6.07) is 5.22. The third-order valence-electron chi connectivity index (χ3n) is 3.46. The van der Waals surface area contributed by atoms with Crippen molar-refractivity contribution >= 4 is 39.2 Å². The molecule has 102 valence electrons. The van der Waals surface area contributed by atoms with Gasteiger partial charge in [-0.2, -0.15) is 0 Å². The van der Waals surface area contributed by atoms with E-state index in [0.29, 0.717) is 30.1 Å². The molecule has 0 saturated carbocycles. The number of carbonyl (C=O) groups is 2. The molecular weight excluding hydrogens is 330 g/mol. The molecule has 0 radical (unpaired) electrons. The number of ketones is 1. The van der Waals surface area contributed by atoms with Crippen molar-refractivity contribution in [1.29, 1.82) is 0 Å². The summed E-state index contributed by atoms with van der Waals surface area (Å²) in [7, 11) is 0. The predicted molar refractivity (Wildman–Crippen MR) is 78.5 cm³/mol. The van der Waals surface area contributed by atoms with Gasteiger partial charge in [0.25, 0.3) is 5.91 Å². The quantitative estimate of drug-likeness (QED) is 0.823. The van der Waals surface area contributed by atoms with Crippen molar-refractivity contribution in [2.45, 2.75) is 19.8 Å². The van der Waals surface area contributed by atoms with Gasteiger partial charge in [-0.05, 0) is 24.6 Å². The third-order valence-corrected chi connectivity index (χ3v) is 4.29. The van der Waals surface area contributed by atoms with Crippen LogP contribution in [-0.2, 0) is 4.79 Å². The summed E-state index contributed by atoms with van der Waals surface area (Å²) in [4.78, 5) is 25.9. The van der Waals surface area contributed by atoms with E-state index in [1.165, 1.54) is 0 Å². The number of amides is 1. The molecule has 19 heavy (non-hydrogen) atoms. The highest BCUT2D eigenvalue weighted by Crippen LogP contribution is 2.25. The van der Waals surface area contributed by atoms with Crippen molar-refractivity contribution in [2.24, 2.45) is 5.92 Å². The topological polar surface area (TPSA) is 37.4 Å². The van der Waals surface area contributed by atoms with Crippen LogP contribution in [0.4, 0.5) is 0 Å². The van der Waals surface area contributed by atoms with Gasteiger partial charge in [-0.3, -0.25) is 9.59 Å². The first kappa shape index (κ1) is 14.5. The molecule has 2 rings (SSSR count). The Morgan fingerprint density at radius 2 is 2.26 bits per heavy atom. The number of benzene rings is 1. The minimum atomic E-state index is -0.0998. The van der Waals surface area contributed by atoms with E-state index < -0.39 is 0 Å². The highest BCUT2D eigenvalue weighted by Gasteiger charge is 2.29. The Bertz CT molecular complexity index is 518. The van der Waals surface area contributed by atoms with Gasteiger partial charge >= 0.3 is 0 Å². The summed E-state index contributed by atoms with van der Waals surface area (Å²) in [5, 5.41) is 0.443. The van der Waals surface area contributed by atoms with Crippen LogP contribution >= 0.6 is 27.5 Å². The van der Waals surface area contributed by atoms with Crippen molar-refractivity contribution in [3.63, 3.8) is 0 Å². The fourth-order valence-electron chi connectivity index (χ4n) is 2.28. The first-order valence-electron chi connectivity index (χ1n) is 6.30. The molecule has 0 bridgehead atoms. The van der Waals surface area contributed by atoms with E-state index in [0.717, 1.165) is 10.9 Å². The van der Waals surface area contributed by atoms with Crippen molar-refractivity contribution < 1.29 is 9.59 Å². The van der Waals surface area contributed by atoms with Crippen LogP contribution in [0.15, 0.2) is 22.7 Å². The lowest BCUT2D eigenvalue weighted by Crippen LogP contribution is -2.44. The zero-order valence-electron chi connectivity index (χ0n) is 10.7. The van der Waals surface area contributed by atoms with Crippen molar-refractivity contribution in [3.05, 3.63) is 33.3 Å². The van der Waals surface area contributed by atoms with Crippen molar-refractivity contribution in [2.75, 3.05) is 13.1 Å². The van der Waals surface area contributed by atoms with Crippen LogP contribution in [0.2, 0.25) is 5.02 Å².